The summed E-state index contributed by atoms with van der Waals surface area (Å²) in [7, 11) is 0. The molecule has 0 spiro atoms. The van der Waals surface area contributed by atoms with Crippen LogP contribution in [0.1, 0.15) is 31.2 Å². The number of rotatable bonds is 6. The zero-order valence-electron chi connectivity index (χ0n) is 11.3. The molecule has 6 heteroatoms. The van der Waals surface area contributed by atoms with E-state index in [1.807, 2.05) is 0 Å². The minimum Gasteiger partial charge on any atom is -0.378 e. The maximum Gasteiger partial charge on any atom is 0.270 e. The molecule has 0 aliphatic carbocycles. The summed E-state index contributed by atoms with van der Waals surface area (Å²) >= 11 is 6.03. The number of halogens is 1. The van der Waals surface area contributed by atoms with Crippen LogP contribution in [0.4, 0.5) is 5.69 Å². The van der Waals surface area contributed by atoms with Crippen molar-refractivity contribution < 1.29 is 9.66 Å². The lowest BCUT2D eigenvalue weighted by atomic mass is 10.1. The first kappa shape index (κ1) is 15.2. The summed E-state index contributed by atoms with van der Waals surface area (Å²) in [6.07, 6.45) is 4.91. The van der Waals surface area contributed by atoms with E-state index in [4.69, 9.17) is 16.3 Å². The molecule has 110 valence electrons. The standard InChI is InChI=1S/C14H19ClN2O3/c15-14-9-12(17(18)19)5-4-11(14)10-16-7-6-13-3-1-2-8-20-13/h4-5,9,13,16H,1-3,6-8,10H2. The van der Waals surface area contributed by atoms with Gasteiger partial charge in [0.25, 0.3) is 5.69 Å². The van der Waals surface area contributed by atoms with Crippen molar-refractivity contribution in [2.45, 2.75) is 38.3 Å². The van der Waals surface area contributed by atoms with Crippen molar-refractivity contribution in [2.75, 3.05) is 13.2 Å². The van der Waals surface area contributed by atoms with Crippen LogP contribution in [0, 0.1) is 10.1 Å². The van der Waals surface area contributed by atoms with Gasteiger partial charge >= 0.3 is 0 Å². The van der Waals surface area contributed by atoms with Gasteiger partial charge in [-0.25, -0.2) is 0 Å². The zero-order valence-corrected chi connectivity index (χ0v) is 12.1. The highest BCUT2D eigenvalue weighted by atomic mass is 35.5. The quantitative estimate of drug-likeness (QED) is 0.497. The van der Waals surface area contributed by atoms with E-state index in [9.17, 15) is 10.1 Å². The van der Waals surface area contributed by atoms with Crippen LogP contribution in [0.15, 0.2) is 18.2 Å². The maximum atomic E-state index is 10.6. The van der Waals surface area contributed by atoms with Crippen molar-refractivity contribution in [1.82, 2.24) is 5.32 Å². The van der Waals surface area contributed by atoms with Gasteiger partial charge in [0.1, 0.15) is 0 Å². The van der Waals surface area contributed by atoms with Crippen molar-refractivity contribution in [3.63, 3.8) is 0 Å². The molecule has 1 fully saturated rings. The highest BCUT2D eigenvalue weighted by Gasteiger charge is 2.13. The fourth-order valence-corrected chi connectivity index (χ4v) is 2.56. The second-order valence-corrected chi connectivity index (χ2v) is 5.39. The normalized spacial score (nSPS) is 18.9. The number of non-ortho nitro benzene ring substituents is 1. The van der Waals surface area contributed by atoms with Gasteiger partial charge in [-0.1, -0.05) is 11.6 Å². The predicted octanol–water partition coefficient (Wildman–Crippen LogP) is 3.30. The molecule has 1 unspecified atom stereocenters. The van der Waals surface area contributed by atoms with Crippen LogP contribution < -0.4 is 5.32 Å². The Morgan fingerprint density at radius 3 is 2.95 bits per heavy atom. The van der Waals surface area contributed by atoms with Gasteiger partial charge in [0, 0.05) is 25.3 Å². The summed E-state index contributed by atoms with van der Waals surface area (Å²) in [5.74, 6) is 0. The largest absolute Gasteiger partial charge is 0.378 e. The predicted molar refractivity (Wildman–Crippen MR) is 78.0 cm³/mol. The van der Waals surface area contributed by atoms with E-state index < -0.39 is 4.92 Å². The Morgan fingerprint density at radius 1 is 1.45 bits per heavy atom. The summed E-state index contributed by atoms with van der Waals surface area (Å²) in [6.45, 7) is 2.35. The minimum atomic E-state index is -0.441. The molecule has 0 aromatic heterocycles. The molecule has 1 saturated heterocycles. The average Bonchev–Trinajstić information content (AvgIpc) is 2.46. The minimum absolute atomic E-state index is 0.0226. The van der Waals surface area contributed by atoms with Crippen molar-refractivity contribution in [1.29, 1.82) is 0 Å². The summed E-state index contributed by atoms with van der Waals surface area (Å²) in [4.78, 5) is 10.2. The lowest BCUT2D eigenvalue weighted by Gasteiger charge is -2.22. The van der Waals surface area contributed by atoms with Crippen LogP contribution in [-0.2, 0) is 11.3 Å². The maximum absolute atomic E-state index is 10.6. The van der Waals surface area contributed by atoms with Crippen LogP contribution in [-0.4, -0.2) is 24.2 Å². The van der Waals surface area contributed by atoms with Crippen LogP contribution in [0.5, 0.6) is 0 Å². The lowest BCUT2D eigenvalue weighted by Crippen LogP contribution is -2.25. The summed E-state index contributed by atoms with van der Waals surface area (Å²) in [5, 5.41) is 14.4. The van der Waals surface area contributed by atoms with E-state index in [0.717, 1.165) is 31.6 Å². The molecule has 1 heterocycles. The molecule has 2 rings (SSSR count). The highest BCUT2D eigenvalue weighted by Crippen LogP contribution is 2.22. The number of hydrogen-bond acceptors (Lipinski definition) is 4. The van der Waals surface area contributed by atoms with Gasteiger partial charge in [-0.2, -0.15) is 0 Å². The zero-order chi connectivity index (χ0) is 14.4. The van der Waals surface area contributed by atoms with E-state index >= 15 is 0 Å². The molecule has 20 heavy (non-hydrogen) atoms. The molecule has 1 aliphatic heterocycles. The lowest BCUT2D eigenvalue weighted by molar-refractivity contribution is -0.384. The summed E-state index contributed by atoms with van der Waals surface area (Å²) < 4.78 is 5.65. The van der Waals surface area contributed by atoms with Crippen LogP contribution >= 0.6 is 11.6 Å². The highest BCUT2D eigenvalue weighted by molar-refractivity contribution is 6.31. The number of nitro groups is 1. The van der Waals surface area contributed by atoms with Gasteiger partial charge in [0.2, 0.25) is 0 Å². The van der Waals surface area contributed by atoms with Crippen molar-refractivity contribution in [2.24, 2.45) is 0 Å². The molecule has 1 aliphatic rings. The number of nitrogens with zero attached hydrogens (tertiary/aromatic N) is 1. The molecule has 5 nitrogen and oxygen atoms in total. The van der Waals surface area contributed by atoms with Crippen LogP contribution in [0.25, 0.3) is 0 Å². The van der Waals surface area contributed by atoms with Gasteiger partial charge < -0.3 is 10.1 Å². The fourth-order valence-electron chi connectivity index (χ4n) is 2.31. The Balaban J connectivity index is 1.74. The van der Waals surface area contributed by atoms with Gasteiger partial charge in [-0.05, 0) is 43.9 Å². The van der Waals surface area contributed by atoms with E-state index in [-0.39, 0.29) is 5.69 Å². The average molecular weight is 299 g/mol. The van der Waals surface area contributed by atoms with Crippen molar-refractivity contribution in [3.8, 4) is 0 Å². The van der Waals surface area contributed by atoms with Gasteiger partial charge in [-0.15, -0.1) is 0 Å². The smallest absolute Gasteiger partial charge is 0.270 e. The Morgan fingerprint density at radius 2 is 2.30 bits per heavy atom. The van der Waals surface area contributed by atoms with E-state index in [2.05, 4.69) is 5.32 Å². The molecular formula is C14H19ClN2O3. The third-order valence-corrected chi connectivity index (χ3v) is 3.83. The van der Waals surface area contributed by atoms with Crippen molar-refractivity contribution in [3.05, 3.63) is 38.9 Å². The number of hydrogen-bond donors (Lipinski definition) is 1. The summed E-state index contributed by atoms with van der Waals surface area (Å²) in [6, 6.07) is 4.57. The second kappa shape index (κ2) is 7.57. The number of nitrogens with one attached hydrogen (secondary N) is 1. The third-order valence-electron chi connectivity index (χ3n) is 3.48. The van der Waals surface area contributed by atoms with E-state index in [0.29, 0.717) is 17.7 Å². The van der Waals surface area contributed by atoms with E-state index in [1.165, 1.54) is 25.0 Å². The number of ether oxygens (including phenoxy) is 1. The fraction of sp³-hybridized carbons (Fsp3) is 0.571. The second-order valence-electron chi connectivity index (χ2n) is 4.99. The molecular weight excluding hydrogens is 280 g/mol. The van der Waals surface area contributed by atoms with Crippen molar-refractivity contribution >= 4 is 17.3 Å². The Labute approximate surface area is 123 Å². The van der Waals surface area contributed by atoms with Crippen LogP contribution in [0.3, 0.4) is 0 Å². The van der Waals surface area contributed by atoms with Gasteiger partial charge in [0.15, 0.2) is 0 Å². The molecule has 1 aromatic rings. The Hall–Kier alpha value is -1.17. The SMILES string of the molecule is O=[N+]([O-])c1ccc(CNCCC2CCCCO2)c(Cl)c1. The first-order chi connectivity index (χ1) is 9.66. The molecule has 0 saturated carbocycles. The Kier molecular flexibility index (Phi) is 5.76. The topological polar surface area (TPSA) is 64.4 Å². The number of benzene rings is 1. The molecule has 0 bridgehead atoms. The first-order valence-electron chi connectivity index (χ1n) is 6.92. The number of nitro benzene ring substituents is 1. The molecule has 0 amide bonds. The van der Waals surface area contributed by atoms with E-state index in [1.54, 1.807) is 6.07 Å². The molecule has 0 radical (unpaired) electrons. The monoisotopic (exact) mass is 298 g/mol. The van der Waals surface area contributed by atoms with Gasteiger partial charge in [0.05, 0.1) is 16.0 Å². The summed E-state index contributed by atoms with van der Waals surface area (Å²) in [5.41, 5.74) is 0.899. The third kappa shape index (κ3) is 4.44. The van der Waals surface area contributed by atoms with Crippen LogP contribution in [0.2, 0.25) is 5.02 Å². The Bertz CT molecular complexity index is 462. The van der Waals surface area contributed by atoms with Gasteiger partial charge in [-0.3, -0.25) is 10.1 Å². The molecule has 1 aromatic carbocycles. The molecule has 1 N–H and O–H groups in total. The molecule has 1 atom stereocenters. The first-order valence-corrected chi connectivity index (χ1v) is 7.30.